The van der Waals surface area contributed by atoms with Crippen molar-refractivity contribution < 1.29 is 19.1 Å². The Bertz CT molecular complexity index is 794. The lowest BCUT2D eigenvalue weighted by molar-refractivity contribution is -0.142. The first-order valence-corrected chi connectivity index (χ1v) is 8.38. The summed E-state index contributed by atoms with van der Waals surface area (Å²) in [5.74, 6) is -1.19. The fraction of sp³-hybridized carbons (Fsp3) is 0.167. The van der Waals surface area contributed by atoms with Crippen LogP contribution in [0.5, 0.6) is 0 Å². The molecule has 0 unspecified atom stereocenters. The van der Waals surface area contributed by atoms with Crippen molar-refractivity contribution in [3.8, 4) is 0 Å². The molecule has 2 aromatic rings. The van der Waals surface area contributed by atoms with Gasteiger partial charge < -0.3 is 15.4 Å². The zero-order valence-electron chi connectivity index (χ0n) is 13.9. The topological polar surface area (TPSA) is 84.5 Å². The van der Waals surface area contributed by atoms with Crippen molar-refractivity contribution >= 4 is 46.6 Å². The quantitative estimate of drug-likeness (QED) is 0.613. The van der Waals surface area contributed by atoms with Gasteiger partial charge in [0, 0.05) is 29.3 Å². The molecular weight excluding hydrogens is 340 g/mol. The van der Waals surface area contributed by atoms with Gasteiger partial charge in [-0.25, -0.2) is 4.79 Å². The molecule has 0 aliphatic heterocycles. The largest absolute Gasteiger partial charge is 0.452 e. The molecule has 0 saturated carbocycles. The summed E-state index contributed by atoms with van der Waals surface area (Å²) in [7, 11) is 0. The zero-order chi connectivity index (χ0) is 18.2. The Hall–Kier alpha value is -2.93. The Labute approximate surface area is 149 Å². The van der Waals surface area contributed by atoms with Gasteiger partial charge >= 0.3 is 5.97 Å². The van der Waals surface area contributed by atoms with Crippen LogP contribution < -0.4 is 10.6 Å². The number of anilines is 2. The second kappa shape index (κ2) is 8.79. The number of ether oxygens (including phenoxy) is 1. The molecular formula is C18H18N2O4S. The van der Waals surface area contributed by atoms with Crippen LogP contribution >= 0.6 is 11.3 Å². The molecule has 2 rings (SSSR count). The van der Waals surface area contributed by atoms with E-state index in [1.54, 1.807) is 30.3 Å². The predicted molar refractivity (Wildman–Crippen MR) is 98.4 cm³/mol. The molecule has 2 N–H and O–H groups in total. The lowest BCUT2D eigenvalue weighted by Gasteiger charge is -2.07. The first-order valence-electron chi connectivity index (χ1n) is 7.50. The minimum Gasteiger partial charge on any atom is -0.452 e. The van der Waals surface area contributed by atoms with Crippen LogP contribution in [0.4, 0.5) is 11.4 Å². The molecule has 130 valence electrons. The Morgan fingerprint density at radius 1 is 1.08 bits per heavy atom. The van der Waals surface area contributed by atoms with E-state index in [9.17, 15) is 14.4 Å². The molecule has 1 aromatic heterocycles. The summed E-state index contributed by atoms with van der Waals surface area (Å²) in [5.41, 5.74) is 2.25. The Balaban J connectivity index is 1.78. The van der Waals surface area contributed by atoms with Gasteiger partial charge in [0.1, 0.15) is 0 Å². The molecule has 0 aliphatic carbocycles. The van der Waals surface area contributed by atoms with Gasteiger partial charge in [0.25, 0.3) is 5.91 Å². The molecule has 7 heteroatoms. The minimum atomic E-state index is -0.580. The zero-order valence-corrected chi connectivity index (χ0v) is 14.7. The molecule has 6 nitrogen and oxygen atoms in total. The highest BCUT2D eigenvalue weighted by molar-refractivity contribution is 7.11. The number of amides is 2. The summed E-state index contributed by atoms with van der Waals surface area (Å²) in [6, 6.07) is 8.57. The third-order valence-electron chi connectivity index (χ3n) is 3.11. The lowest BCUT2D eigenvalue weighted by Crippen LogP contribution is -2.20. The average molecular weight is 358 g/mol. The van der Waals surface area contributed by atoms with Gasteiger partial charge in [0.15, 0.2) is 6.61 Å². The van der Waals surface area contributed by atoms with Crippen molar-refractivity contribution in [2.24, 2.45) is 0 Å². The van der Waals surface area contributed by atoms with Gasteiger partial charge in [-0.05, 0) is 54.3 Å². The van der Waals surface area contributed by atoms with Crippen LogP contribution in [0, 0.1) is 6.92 Å². The summed E-state index contributed by atoms with van der Waals surface area (Å²) in [5, 5.41) is 7.17. The number of carbonyl (C=O) groups excluding carboxylic acids is 3. The third kappa shape index (κ3) is 6.23. The number of hydrogen-bond donors (Lipinski definition) is 2. The number of rotatable bonds is 6. The number of thiophene rings is 1. The average Bonchev–Trinajstić information content (AvgIpc) is 2.97. The van der Waals surface area contributed by atoms with E-state index in [2.05, 4.69) is 10.6 Å². The van der Waals surface area contributed by atoms with Gasteiger partial charge in [-0.2, -0.15) is 0 Å². The van der Waals surface area contributed by atoms with Gasteiger partial charge in [-0.1, -0.05) is 0 Å². The molecule has 1 aromatic carbocycles. The van der Waals surface area contributed by atoms with E-state index >= 15 is 0 Å². The van der Waals surface area contributed by atoms with Crippen molar-refractivity contribution in [1.82, 2.24) is 0 Å². The van der Waals surface area contributed by atoms with Crippen molar-refractivity contribution in [2.45, 2.75) is 13.8 Å². The molecule has 0 aliphatic rings. The standard InChI is InChI=1S/C18H18N2O4S/c1-12-9-10-25-16(12)7-8-18(23)24-11-17(22)20-15-5-3-14(4-6-15)19-13(2)21/h3-10H,11H2,1-2H3,(H,19,21)(H,20,22)/b8-7+. The first kappa shape index (κ1) is 18.4. The Kier molecular flexibility index (Phi) is 6.47. The smallest absolute Gasteiger partial charge is 0.331 e. The normalized spacial score (nSPS) is 10.5. The maximum Gasteiger partial charge on any atom is 0.331 e. The van der Waals surface area contributed by atoms with E-state index in [1.807, 2.05) is 18.4 Å². The number of aryl methyl sites for hydroxylation is 1. The predicted octanol–water partition coefficient (Wildman–Crippen LogP) is 3.21. The highest BCUT2D eigenvalue weighted by Crippen LogP contribution is 2.17. The van der Waals surface area contributed by atoms with E-state index in [4.69, 9.17) is 4.74 Å². The number of carbonyl (C=O) groups is 3. The van der Waals surface area contributed by atoms with Crippen LogP contribution in [0.15, 0.2) is 41.8 Å². The molecule has 2 amide bonds. The maximum atomic E-state index is 11.8. The van der Waals surface area contributed by atoms with E-state index in [0.717, 1.165) is 10.4 Å². The summed E-state index contributed by atoms with van der Waals surface area (Å²) < 4.78 is 4.90. The van der Waals surface area contributed by atoms with Crippen molar-refractivity contribution in [1.29, 1.82) is 0 Å². The van der Waals surface area contributed by atoms with Crippen LogP contribution in [-0.2, 0) is 19.1 Å². The van der Waals surface area contributed by atoms with Crippen LogP contribution in [0.3, 0.4) is 0 Å². The number of hydrogen-bond acceptors (Lipinski definition) is 5. The van der Waals surface area contributed by atoms with Crippen molar-refractivity contribution in [3.05, 3.63) is 52.2 Å². The van der Waals surface area contributed by atoms with Gasteiger partial charge in [0.2, 0.25) is 5.91 Å². The van der Waals surface area contributed by atoms with E-state index < -0.39 is 11.9 Å². The fourth-order valence-electron chi connectivity index (χ4n) is 1.92. The van der Waals surface area contributed by atoms with Crippen LogP contribution in [0.2, 0.25) is 0 Å². The minimum absolute atomic E-state index is 0.172. The Morgan fingerprint density at radius 3 is 2.28 bits per heavy atom. The van der Waals surface area contributed by atoms with Crippen LogP contribution in [0.1, 0.15) is 17.4 Å². The summed E-state index contributed by atoms with van der Waals surface area (Å²) in [4.78, 5) is 35.3. The molecule has 0 spiro atoms. The van der Waals surface area contributed by atoms with Gasteiger partial charge in [-0.3, -0.25) is 9.59 Å². The first-order chi connectivity index (χ1) is 11.9. The van der Waals surface area contributed by atoms with E-state index in [1.165, 1.54) is 24.3 Å². The third-order valence-corrected chi connectivity index (χ3v) is 4.09. The molecule has 0 fully saturated rings. The summed E-state index contributed by atoms with van der Waals surface area (Å²) in [6.07, 6.45) is 2.97. The van der Waals surface area contributed by atoms with Gasteiger partial charge in [0.05, 0.1) is 0 Å². The lowest BCUT2D eigenvalue weighted by atomic mass is 10.2. The molecule has 0 saturated heterocycles. The second-order valence-electron chi connectivity index (χ2n) is 5.22. The monoisotopic (exact) mass is 358 g/mol. The Morgan fingerprint density at radius 2 is 1.72 bits per heavy atom. The van der Waals surface area contributed by atoms with Crippen molar-refractivity contribution in [3.63, 3.8) is 0 Å². The number of benzene rings is 1. The van der Waals surface area contributed by atoms with E-state index in [0.29, 0.717) is 11.4 Å². The van der Waals surface area contributed by atoms with E-state index in [-0.39, 0.29) is 12.5 Å². The highest BCUT2D eigenvalue weighted by atomic mass is 32.1. The number of esters is 1. The summed E-state index contributed by atoms with van der Waals surface area (Å²) >= 11 is 1.52. The number of nitrogens with one attached hydrogen (secondary N) is 2. The van der Waals surface area contributed by atoms with Crippen molar-refractivity contribution in [2.75, 3.05) is 17.2 Å². The summed E-state index contributed by atoms with van der Waals surface area (Å²) in [6.45, 7) is 2.99. The second-order valence-corrected chi connectivity index (χ2v) is 6.16. The molecule has 25 heavy (non-hydrogen) atoms. The molecule has 1 heterocycles. The SMILES string of the molecule is CC(=O)Nc1ccc(NC(=O)COC(=O)/C=C/c2sccc2C)cc1. The molecule has 0 atom stereocenters. The molecule has 0 bridgehead atoms. The molecule has 0 radical (unpaired) electrons. The maximum absolute atomic E-state index is 11.8. The van der Waals surface area contributed by atoms with Gasteiger partial charge in [-0.15, -0.1) is 11.3 Å². The van der Waals surface area contributed by atoms with Crippen LogP contribution in [-0.4, -0.2) is 24.4 Å². The highest BCUT2D eigenvalue weighted by Gasteiger charge is 2.06. The fourth-order valence-corrected chi connectivity index (χ4v) is 2.74. The van der Waals surface area contributed by atoms with Crippen LogP contribution in [0.25, 0.3) is 6.08 Å².